The first-order chi connectivity index (χ1) is 40.1. The van der Waals surface area contributed by atoms with E-state index in [2.05, 4.69) is 73.4 Å². The van der Waals surface area contributed by atoms with Crippen LogP contribution in [0.3, 0.4) is 0 Å². The van der Waals surface area contributed by atoms with Gasteiger partial charge in [-0.3, -0.25) is 0 Å². The molecule has 2 aromatic carbocycles. The lowest BCUT2D eigenvalue weighted by Crippen LogP contribution is -2.33. The van der Waals surface area contributed by atoms with Crippen LogP contribution in [0.4, 0.5) is 0 Å². The molecule has 0 saturated heterocycles. The van der Waals surface area contributed by atoms with Crippen LogP contribution in [0.2, 0.25) is 0 Å². The van der Waals surface area contributed by atoms with Crippen molar-refractivity contribution in [3.05, 3.63) is 149 Å². The molecular weight excluding hydrogens is 1210 g/mol. The van der Waals surface area contributed by atoms with Gasteiger partial charge >= 0.3 is 23.9 Å². The average Bonchev–Trinajstić information content (AvgIpc) is 2.80. The Balaban J connectivity index is 0.722. The highest BCUT2D eigenvalue weighted by atomic mass is 79.9. The summed E-state index contributed by atoms with van der Waals surface area (Å²) < 4.78 is 52.3. The third-order valence-corrected chi connectivity index (χ3v) is 13.9. The number of dihydropyridines is 2. The van der Waals surface area contributed by atoms with Crippen LogP contribution in [-0.4, -0.2) is 131 Å². The number of allylic oxidation sites excluding steroid dienone is 4. The fourth-order valence-electron chi connectivity index (χ4n) is 9.37. The van der Waals surface area contributed by atoms with E-state index >= 15 is 0 Å². The van der Waals surface area contributed by atoms with Crippen molar-refractivity contribution in [2.75, 3.05) is 66.1 Å². The Bertz CT molecular complexity index is 3230. The minimum absolute atomic E-state index is 0.122. The first-order valence-electron chi connectivity index (χ1n) is 26.4. The van der Waals surface area contributed by atoms with Crippen LogP contribution in [0.25, 0.3) is 22.5 Å². The first kappa shape index (κ1) is 61.1. The molecular formula is C56H62Br2N10O15. The van der Waals surface area contributed by atoms with E-state index in [4.69, 9.17) is 51.9 Å². The zero-order valence-corrected chi connectivity index (χ0v) is 50.0. The fourth-order valence-corrected chi connectivity index (χ4v) is 10.2. The second kappa shape index (κ2) is 28.8. The molecule has 27 heteroatoms. The summed E-state index contributed by atoms with van der Waals surface area (Å²) in [5.41, 5.74) is 6.80. The number of rotatable bonds is 28. The summed E-state index contributed by atoms with van der Waals surface area (Å²) in [5.74, 6) is -3.65. The predicted molar refractivity (Wildman–Crippen MR) is 300 cm³/mol. The third-order valence-electron chi connectivity index (χ3n) is 12.9. The number of halogens is 2. The number of carbonyl (C=O) groups excluding carboxylic acids is 4. The summed E-state index contributed by atoms with van der Waals surface area (Å²) in [6.45, 7) is 15.5. The van der Waals surface area contributed by atoms with E-state index in [0.717, 1.165) is 18.6 Å². The van der Waals surface area contributed by atoms with Gasteiger partial charge in [0.1, 0.15) is 60.7 Å². The molecule has 2 atom stereocenters. The zero-order chi connectivity index (χ0) is 59.2. The van der Waals surface area contributed by atoms with E-state index in [0.29, 0.717) is 106 Å². The van der Waals surface area contributed by atoms with Gasteiger partial charge in [-0.15, -0.1) is 10.2 Å². The number of carbonyl (C=O) groups is 4. The molecule has 440 valence electrons. The van der Waals surface area contributed by atoms with Crippen LogP contribution < -0.4 is 20.3 Å². The molecule has 25 nitrogen and oxygen atoms in total. The van der Waals surface area contributed by atoms with Crippen molar-refractivity contribution in [1.29, 1.82) is 0 Å². The molecule has 0 aliphatic carbocycles. The lowest BCUT2D eigenvalue weighted by molar-refractivity contribution is -0.142. The normalized spacial score (nSPS) is 15.3. The topological polar surface area (TPSA) is 289 Å². The molecule has 6 heterocycles. The van der Waals surface area contributed by atoms with Gasteiger partial charge in [-0.2, -0.15) is 0 Å². The molecule has 0 fully saturated rings. The average molecular weight is 1270 g/mol. The van der Waals surface area contributed by atoms with E-state index in [9.17, 15) is 19.2 Å². The minimum Gasteiger partial charge on any atom is -0.463 e. The quantitative estimate of drug-likeness (QED) is 0.0284. The number of benzene rings is 2. The highest BCUT2D eigenvalue weighted by Crippen LogP contribution is 2.46. The smallest absolute Gasteiger partial charge is 0.337 e. The molecule has 0 saturated carbocycles. The van der Waals surface area contributed by atoms with Gasteiger partial charge in [-0.25, -0.2) is 19.2 Å². The Kier molecular flexibility index (Phi) is 21.2. The number of nitrogens with one attached hydrogen (secondary N) is 2. The van der Waals surface area contributed by atoms with Gasteiger partial charge in [0.05, 0.1) is 99.4 Å². The SMILES string of the molecule is CCOC(=O)C1=C(C)NC(C)=C(C(=O)OCc2cn(OCCOCCOCCOCCOn3cc(COC(=O)C4=C(C)NC(C)=C(C(=O)OCC)C4c4c(-c5cccc(Br)c5)noc4C)nn3)nn2)C1c1c(-c2cccc(Br)c2)noc1C. The van der Waals surface area contributed by atoms with Crippen molar-refractivity contribution < 1.29 is 71.1 Å². The van der Waals surface area contributed by atoms with Crippen molar-refractivity contribution in [1.82, 2.24) is 51.3 Å². The van der Waals surface area contributed by atoms with E-state index in [1.54, 1.807) is 55.4 Å². The minimum atomic E-state index is -0.938. The predicted octanol–water partition coefficient (Wildman–Crippen LogP) is 7.01. The summed E-state index contributed by atoms with van der Waals surface area (Å²) in [5, 5.41) is 31.1. The maximum Gasteiger partial charge on any atom is 0.337 e. The van der Waals surface area contributed by atoms with Crippen molar-refractivity contribution in [3.8, 4) is 22.5 Å². The van der Waals surface area contributed by atoms with Gasteiger partial charge in [0.25, 0.3) is 0 Å². The Labute approximate surface area is 493 Å². The lowest BCUT2D eigenvalue weighted by Gasteiger charge is -2.30. The van der Waals surface area contributed by atoms with E-state index in [-0.39, 0.29) is 75.1 Å². The van der Waals surface area contributed by atoms with Crippen molar-refractivity contribution >= 4 is 55.7 Å². The molecule has 2 unspecified atom stereocenters. The molecule has 0 radical (unpaired) electrons. The molecule has 0 bridgehead atoms. The van der Waals surface area contributed by atoms with Crippen molar-refractivity contribution in [3.63, 3.8) is 0 Å². The second-order valence-corrected chi connectivity index (χ2v) is 20.4. The Morgan fingerprint density at radius 2 is 0.867 bits per heavy atom. The van der Waals surface area contributed by atoms with Gasteiger partial charge in [0.15, 0.2) is 0 Å². The maximum atomic E-state index is 14.1. The monoisotopic (exact) mass is 1270 g/mol. The molecule has 4 aromatic heterocycles. The standard InChI is InChI=1S/C56H62Br2N10O15/c1-9-76-53(69)43-31(3)59-33(5)45(49(43)47-35(7)82-63-51(47)37-13-11-15-39(57)25-37)55(71)78-29-41-27-67(65-61-41)80-23-21-74-19-17-73-18-20-75-22-24-81-68-28-42(62-66-68)30-79-56(72)46-34(6)60-32(4)44(54(70)77-10-2)50(46)48-36(8)83-64-52(48)38-14-12-16-40(58)26-38/h11-16,25-28,49-50,59-60H,9-10,17-24,29-30H2,1-8H3. The van der Waals surface area contributed by atoms with Gasteiger partial charge in [0.2, 0.25) is 0 Å². The Morgan fingerprint density at radius 1 is 0.518 bits per heavy atom. The van der Waals surface area contributed by atoms with Crippen molar-refractivity contribution in [2.45, 2.75) is 80.4 Å². The van der Waals surface area contributed by atoms with Crippen LogP contribution >= 0.6 is 31.9 Å². The number of hydrogen-bond acceptors (Lipinski definition) is 23. The van der Waals surface area contributed by atoms with E-state index in [1.165, 1.54) is 12.4 Å². The fraction of sp³-hybridized carbons (Fsp3) is 0.393. The van der Waals surface area contributed by atoms with Crippen LogP contribution in [-0.2, 0) is 65.5 Å². The number of ether oxygens (including phenoxy) is 7. The number of hydrogen-bond donors (Lipinski definition) is 2. The summed E-state index contributed by atoms with van der Waals surface area (Å²) in [7, 11) is 0. The molecule has 0 amide bonds. The number of esters is 4. The molecule has 8 rings (SSSR count). The number of aryl methyl sites for hydroxylation is 2. The maximum absolute atomic E-state index is 14.1. The van der Waals surface area contributed by atoms with Crippen molar-refractivity contribution in [2.24, 2.45) is 0 Å². The summed E-state index contributed by atoms with van der Waals surface area (Å²) in [6, 6.07) is 14.9. The number of nitrogens with zero attached hydrogens (tertiary/aromatic N) is 8. The summed E-state index contributed by atoms with van der Waals surface area (Å²) in [6.07, 6.45) is 2.95. The second-order valence-electron chi connectivity index (χ2n) is 18.6. The lowest BCUT2D eigenvalue weighted by atomic mass is 9.78. The molecule has 83 heavy (non-hydrogen) atoms. The third kappa shape index (κ3) is 15.0. The van der Waals surface area contributed by atoms with Gasteiger partial charge in [-0.1, -0.05) is 76.1 Å². The van der Waals surface area contributed by atoms with Crippen LogP contribution in [0.15, 0.2) is 124 Å². The summed E-state index contributed by atoms with van der Waals surface area (Å²) >= 11 is 7.03. The molecule has 2 aliphatic rings. The largest absolute Gasteiger partial charge is 0.463 e. The highest BCUT2D eigenvalue weighted by Gasteiger charge is 2.43. The first-order valence-corrected chi connectivity index (χ1v) is 28.0. The zero-order valence-electron chi connectivity index (χ0n) is 46.9. The Morgan fingerprint density at radius 3 is 1.22 bits per heavy atom. The Hall–Kier alpha value is -7.98. The van der Waals surface area contributed by atoms with Crippen LogP contribution in [0.1, 0.15) is 87.4 Å². The highest BCUT2D eigenvalue weighted by molar-refractivity contribution is 9.10. The molecule has 0 spiro atoms. The van der Waals surface area contributed by atoms with Crippen LogP contribution in [0, 0.1) is 13.8 Å². The molecule has 6 aromatic rings. The van der Waals surface area contributed by atoms with Gasteiger partial charge in [-0.05, 0) is 90.1 Å². The van der Waals surface area contributed by atoms with Gasteiger partial charge < -0.3 is 62.5 Å². The molecule has 2 aliphatic heterocycles. The van der Waals surface area contributed by atoms with Gasteiger partial charge in [0, 0.05) is 54.0 Å². The molecule has 2 N–H and O–H groups in total. The number of aromatic nitrogens is 8. The van der Waals surface area contributed by atoms with E-state index in [1.807, 2.05) is 48.5 Å². The van der Waals surface area contributed by atoms with Crippen LogP contribution in [0.5, 0.6) is 0 Å². The summed E-state index contributed by atoms with van der Waals surface area (Å²) in [4.78, 5) is 68.7. The van der Waals surface area contributed by atoms with E-state index < -0.39 is 35.7 Å².